The summed E-state index contributed by atoms with van der Waals surface area (Å²) in [4.78, 5) is 12.4. The summed E-state index contributed by atoms with van der Waals surface area (Å²) in [5.74, 6) is 2.42. The summed E-state index contributed by atoms with van der Waals surface area (Å²) in [5, 5.41) is 6.92. The monoisotopic (exact) mass is 385 g/mol. The Hall–Kier alpha value is -2.08. The fourth-order valence-electron chi connectivity index (χ4n) is 4.04. The van der Waals surface area contributed by atoms with Crippen molar-refractivity contribution < 1.29 is 4.74 Å². The summed E-state index contributed by atoms with van der Waals surface area (Å²) in [6, 6.07) is 8.16. The molecular formula is C22H35N5O. The van der Waals surface area contributed by atoms with E-state index in [1.54, 1.807) is 0 Å². The molecular weight excluding hydrogens is 350 g/mol. The number of hydrogen-bond donors (Lipinski definition) is 3. The van der Waals surface area contributed by atoms with Gasteiger partial charge in [0.1, 0.15) is 5.82 Å². The van der Waals surface area contributed by atoms with Crippen molar-refractivity contribution in [3.05, 3.63) is 30.1 Å². The molecule has 0 bridgehead atoms. The van der Waals surface area contributed by atoms with E-state index in [1.807, 2.05) is 25.2 Å². The standard InChI is InChI=1S/C22H35N5O/c1-22(2,3)20-16(9-8-14-28-20)15-25-21(23-4)24-13-7-12-19-26-17-10-5-6-11-18(17)27-19/h5-6,10-11,16,20H,7-9,12-15H2,1-4H3,(H,26,27)(H2,23,24,25). The Morgan fingerprint density at radius 2 is 2.11 bits per heavy atom. The summed E-state index contributed by atoms with van der Waals surface area (Å²) < 4.78 is 6.08. The van der Waals surface area contributed by atoms with Gasteiger partial charge in [-0.25, -0.2) is 4.98 Å². The van der Waals surface area contributed by atoms with E-state index >= 15 is 0 Å². The second-order valence-corrected chi connectivity index (χ2v) is 8.74. The van der Waals surface area contributed by atoms with E-state index in [0.29, 0.717) is 12.0 Å². The molecule has 2 heterocycles. The highest BCUT2D eigenvalue weighted by Gasteiger charge is 2.35. The molecule has 28 heavy (non-hydrogen) atoms. The Labute approximate surface area is 168 Å². The van der Waals surface area contributed by atoms with Crippen LogP contribution < -0.4 is 10.6 Å². The molecule has 0 radical (unpaired) electrons. The van der Waals surface area contributed by atoms with Gasteiger partial charge in [-0.2, -0.15) is 0 Å². The number of nitrogens with one attached hydrogen (secondary N) is 3. The van der Waals surface area contributed by atoms with Gasteiger partial charge in [0, 0.05) is 39.1 Å². The number of hydrogen-bond acceptors (Lipinski definition) is 3. The molecule has 1 aromatic carbocycles. The summed E-state index contributed by atoms with van der Waals surface area (Å²) in [5.41, 5.74) is 2.30. The third kappa shape index (κ3) is 5.47. The SMILES string of the molecule is CN=C(NCCCc1nc2ccccc2[nH]1)NCC1CCCOC1C(C)(C)C. The third-order valence-corrected chi connectivity index (χ3v) is 5.37. The lowest BCUT2D eigenvalue weighted by Gasteiger charge is -2.40. The number of guanidine groups is 1. The molecule has 6 nitrogen and oxygen atoms in total. The molecule has 2 unspecified atom stereocenters. The number of aryl methyl sites for hydroxylation is 1. The summed E-state index contributed by atoms with van der Waals surface area (Å²) >= 11 is 0. The molecule has 6 heteroatoms. The zero-order valence-electron chi connectivity index (χ0n) is 17.7. The van der Waals surface area contributed by atoms with Gasteiger partial charge < -0.3 is 20.4 Å². The third-order valence-electron chi connectivity index (χ3n) is 5.37. The summed E-state index contributed by atoms with van der Waals surface area (Å²) in [7, 11) is 1.83. The Kier molecular flexibility index (Phi) is 6.94. The van der Waals surface area contributed by atoms with Crippen LogP contribution in [0, 0.1) is 11.3 Å². The van der Waals surface area contributed by atoms with Crippen LogP contribution in [0.3, 0.4) is 0 Å². The number of benzene rings is 1. The minimum atomic E-state index is 0.163. The zero-order valence-corrected chi connectivity index (χ0v) is 17.7. The Balaban J connectivity index is 1.41. The van der Waals surface area contributed by atoms with Crippen LogP contribution in [0.25, 0.3) is 11.0 Å². The molecule has 2 aromatic rings. The van der Waals surface area contributed by atoms with Crippen molar-refractivity contribution in [3.63, 3.8) is 0 Å². The maximum absolute atomic E-state index is 6.08. The van der Waals surface area contributed by atoms with E-state index in [2.05, 4.69) is 52.4 Å². The topological polar surface area (TPSA) is 74.3 Å². The lowest BCUT2D eigenvalue weighted by molar-refractivity contribution is -0.0835. The Bertz CT molecular complexity index is 744. The van der Waals surface area contributed by atoms with Gasteiger partial charge in [-0.3, -0.25) is 4.99 Å². The van der Waals surface area contributed by atoms with E-state index in [0.717, 1.165) is 61.8 Å². The minimum absolute atomic E-state index is 0.163. The van der Waals surface area contributed by atoms with Crippen LogP contribution in [0.1, 0.15) is 45.9 Å². The summed E-state index contributed by atoms with van der Waals surface area (Å²) in [6.45, 7) is 9.43. The average molecular weight is 386 g/mol. The number of aromatic amines is 1. The van der Waals surface area contributed by atoms with Crippen molar-refractivity contribution in [3.8, 4) is 0 Å². The van der Waals surface area contributed by atoms with Crippen molar-refractivity contribution in [2.75, 3.05) is 26.7 Å². The van der Waals surface area contributed by atoms with Gasteiger partial charge in [-0.05, 0) is 36.8 Å². The predicted octanol–water partition coefficient (Wildman–Crippen LogP) is 3.50. The molecule has 1 aromatic heterocycles. The largest absolute Gasteiger partial charge is 0.377 e. The van der Waals surface area contributed by atoms with E-state index in [4.69, 9.17) is 4.74 Å². The minimum Gasteiger partial charge on any atom is -0.377 e. The number of fused-ring (bicyclic) bond motifs is 1. The quantitative estimate of drug-likeness (QED) is 0.404. The van der Waals surface area contributed by atoms with Crippen molar-refractivity contribution in [2.45, 2.75) is 52.6 Å². The molecule has 0 aliphatic carbocycles. The molecule has 3 rings (SSSR count). The first-order valence-electron chi connectivity index (χ1n) is 10.5. The van der Waals surface area contributed by atoms with Crippen LogP contribution in [-0.4, -0.2) is 48.8 Å². The van der Waals surface area contributed by atoms with Crippen molar-refractivity contribution in [2.24, 2.45) is 16.3 Å². The molecule has 1 aliphatic rings. The van der Waals surface area contributed by atoms with Crippen LogP contribution >= 0.6 is 0 Å². The van der Waals surface area contributed by atoms with Crippen molar-refractivity contribution in [1.82, 2.24) is 20.6 Å². The van der Waals surface area contributed by atoms with Crippen molar-refractivity contribution >= 4 is 17.0 Å². The van der Waals surface area contributed by atoms with Gasteiger partial charge in [0.2, 0.25) is 0 Å². The first-order valence-corrected chi connectivity index (χ1v) is 10.5. The Morgan fingerprint density at radius 1 is 1.29 bits per heavy atom. The highest BCUT2D eigenvalue weighted by molar-refractivity contribution is 5.79. The van der Waals surface area contributed by atoms with Gasteiger partial charge in [0.25, 0.3) is 0 Å². The maximum Gasteiger partial charge on any atom is 0.190 e. The predicted molar refractivity (Wildman–Crippen MR) is 116 cm³/mol. The van der Waals surface area contributed by atoms with Crippen LogP contribution in [0.4, 0.5) is 0 Å². The highest BCUT2D eigenvalue weighted by atomic mass is 16.5. The molecule has 1 aliphatic heterocycles. The second kappa shape index (κ2) is 9.41. The fraction of sp³-hybridized carbons (Fsp3) is 0.636. The van der Waals surface area contributed by atoms with Gasteiger partial charge >= 0.3 is 0 Å². The molecule has 2 atom stereocenters. The number of imidazole rings is 1. The Morgan fingerprint density at radius 3 is 2.86 bits per heavy atom. The van der Waals surface area contributed by atoms with E-state index < -0.39 is 0 Å². The highest BCUT2D eigenvalue weighted by Crippen LogP contribution is 2.33. The molecule has 154 valence electrons. The lowest BCUT2D eigenvalue weighted by Crippen LogP contribution is -2.47. The fourth-order valence-corrected chi connectivity index (χ4v) is 4.04. The van der Waals surface area contributed by atoms with Crippen LogP contribution in [0.2, 0.25) is 0 Å². The van der Waals surface area contributed by atoms with Crippen molar-refractivity contribution in [1.29, 1.82) is 0 Å². The molecule has 1 fully saturated rings. The molecule has 3 N–H and O–H groups in total. The average Bonchev–Trinajstić information content (AvgIpc) is 3.10. The number of rotatable bonds is 6. The number of ether oxygens (including phenoxy) is 1. The first-order chi connectivity index (χ1) is 13.5. The number of aliphatic imine (C=N–C) groups is 1. The molecule has 0 saturated carbocycles. The van der Waals surface area contributed by atoms with Gasteiger partial charge in [0.05, 0.1) is 17.1 Å². The van der Waals surface area contributed by atoms with Gasteiger partial charge in [0.15, 0.2) is 5.96 Å². The second-order valence-electron chi connectivity index (χ2n) is 8.74. The lowest BCUT2D eigenvalue weighted by atomic mass is 9.78. The normalized spacial score (nSPS) is 21.1. The van der Waals surface area contributed by atoms with Crippen LogP contribution in [0.15, 0.2) is 29.3 Å². The number of H-pyrrole nitrogens is 1. The summed E-state index contributed by atoms with van der Waals surface area (Å²) in [6.07, 6.45) is 4.55. The van der Waals surface area contributed by atoms with Crippen LogP contribution in [0.5, 0.6) is 0 Å². The first kappa shape index (κ1) is 20.6. The zero-order chi connectivity index (χ0) is 20.0. The molecule has 0 spiro atoms. The van der Waals surface area contributed by atoms with E-state index in [1.165, 1.54) is 6.42 Å². The number of aromatic nitrogens is 2. The van der Waals surface area contributed by atoms with E-state index in [9.17, 15) is 0 Å². The number of nitrogens with zero attached hydrogens (tertiary/aromatic N) is 2. The molecule has 1 saturated heterocycles. The number of para-hydroxylation sites is 2. The maximum atomic E-state index is 6.08. The van der Waals surface area contributed by atoms with Gasteiger partial charge in [-0.15, -0.1) is 0 Å². The smallest absolute Gasteiger partial charge is 0.190 e. The molecule has 0 amide bonds. The van der Waals surface area contributed by atoms with Crippen LogP contribution in [-0.2, 0) is 11.2 Å². The van der Waals surface area contributed by atoms with E-state index in [-0.39, 0.29) is 5.41 Å². The van der Waals surface area contributed by atoms with Gasteiger partial charge in [-0.1, -0.05) is 32.9 Å².